The highest BCUT2D eigenvalue weighted by Crippen LogP contribution is 2.47. The van der Waals surface area contributed by atoms with E-state index in [2.05, 4.69) is 17.0 Å². The molecular formula is C51H63ClN4O9S. The van der Waals surface area contributed by atoms with Crippen LogP contribution in [0.3, 0.4) is 0 Å². The molecule has 13 nitrogen and oxygen atoms in total. The summed E-state index contributed by atoms with van der Waals surface area (Å²) >= 11 is 6.54. The van der Waals surface area contributed by atoms with Crippen LogP contribution in [0.1, 0.15) is 75.1 Å². The van der Waals surface area contributed by atoms with Crippen molar-refractivity contribution in [3.8, 4) is 17.2 Å². The Morgan fingerprint density at radius 3 is 2.17 bits per heavy atom. The van der Waals surface area contributed by atoms with Gasteiger partial charge in [0.05, 0.1) is 44.1 Å². The van der Waals surface area contributed by atoms with Gasteiger partial charge in [0, 0.05) is 56.8 Å². The molecule has 2 heterocycles. The van der Waals surface area contributed by atoms with E-state index in [1.165, 1.54) is 15.4 Å². The van der Waals surface area contributed by atoms with Gasteiger partial charge in [0.15, 0.2) is 0 Å². The molecule has 1 spiro atoms. The van der Waals surface area contributed by atoms with Gasteiger partial charge in [-0.2, -0.15) is 4.31 Å². The van der Waals surface area contributed by atoms with Crippen molar-refractivity contribution in [2.75, 3.05) is 65.6 Å². The van der Waals surface area contributed by atoms with Gasteiger partial charge in [0.2, 0.25) is 10.0 Å². The summed E-state index contributed by atoms with van der Waals surface area (Å²) in [6.07, 6.45) is 4.49. The zero-order valence-corrected chi connectivity index (χ0v) is 40.5. The number of ether oxygens (including phenoxy) is 5. The fourth-order valence-corrected chi connectivity index (χ4v) is 11.5. The zero-order valence-electron chi connectivity index (χ0n) is 39.0. The average Bonchev–Trinajstić information content (AvgIpc) is 3.74. The number of likely N-dealkylation sites (N-methyl/N-ethyl adjacent to an activating group) is 1. The molecule has 66 heavy (non-hydrogen) atoms. The Morgan fingerprint density at radius 2 is 1.55 bits per heavy atom. The van der Waals surface area contributed by atoms with Crippen molar-refractivity contribution in [2.24, 2.45) is 11.8 Å². The first kappa shape index (κ1) is 47.3. The van der Waals surface area contributed by atoms with E-state index in [0.29, 0.717) is 61.5 Å². The van der Waals surface area contributed by atoms with Crippen LogP contribution in [-0.4, -0.2) is 107 Å². The standard InChI is InChI=1S/C51H63ClN4O9S/c1-50(2,3)65-49(58)54-25-23-41(31-54)53(4)48(57)63-32-39-14-13-38(39)30-55-33-51(24-7-8-37-26-40(52)15-21-45(37)51)34-64-47-22-20-44(27-46(47)55)66(59,60)56(28-35-9-16-42(61-5)17-10-35)29-36-11-18-43(62-6)19-12-36/h9-12,15-22,26-27,38-39,41H,7-8,13-14,23-25,28-34H2,1-6H3/t38-,39-,41+,51-/m0/s1. The Hall–Kier alpha value is -5.18. The fourth-order valence-electron chi connectivity index (χ4n) is 9.86. The van der Waals surface area contributed by atoms with E-state index in [4.69, 9.17) is 35.3 Å². The minimum atomic E-state index is -4.08. The smallest absolute Gasteiger partial charge is 0.410 e. The zero-order chi connectivity index (χ0) is 46.8. The number of methoxy groups -OCH3 is 2. The van der Waals surface area contributed by atoms with Crippen LogP contribution in [0, 0.1) is 11.8 Å². The van der Waals surface area contributed by atoms with E-state index in [1.807, 2.05) is 81.4 Å². The number of anilines is 1. The number of amides is 2. The van der Waals surface area contributed by atoms with Gasteiger partial charge < -0.3 is 38.4 Å². The number of sulfonamides is 1. The molecule has 1 saturated heterocycles. The normalized spacial score (nSPS) is 21.5. The molecule has 8 rings (SSSR count). The van der Waals surface area contributed by atoms with Crippen LogP contribution in [0.25, 0.3) is 0 Å². The van der Waals surface area contributed by atoms with Gasteiger partial charge >= 0.3 is 12.2 Å². The minimum Gasteiger partial charge on any atom is -0.497 e. The van der Waals surface area contributed by atoms with Crippen molar-refractivity contribution in [1.82, 2.24) is 14.1 Å². The number of benzene rings is 4. The second kappa shape index (κ2) is 19.6. The maximum absolute atomic E-state index is 15.0. The molecule has 0 N–H and O–H groups in total. The maximum Gasteiger partial charge on any atom is 0.410 e. The summed E-state index contributed by atoms with van der Waals surface area (Å²) in [5.74, 6) is 2.29. The minimum absolute atomic E-state index is 0.113. The second-order valence-electron chi connectivity index (χ2n) is 19.4. The molecule has 0 bridgehead atoms. The van der Waals surface area contributed by atoms with Crippen LogP contribution in [-0.2, 0) is 44.4 Å². The Bertz CT molecular complexity index is 2430. The molecule has 2 aliphatic carbocycles. The number of carbonyl (C=O) groups excluding carboxylic acids is 2. The summed E-state index contributed by atoms with van der Waals surface area (Å²) in [7, 11) is 0.854. The third kappa shape index (κ3) is 10.5. The summed E-state index contributed by atoms with van der Waals surface area (Å²) in [6, 6.07) is 26.1. The lowest BCUT2D eigenvalue weighted by atomic mass is 9.69. The van der Waals surface area contributed by atoms with E-state index in [1.54, 1.807) is 43.2 Å². The molecule has 0 aromatic heterocycles. The van der Waals surface area contributed by atoms with Crippen molar-refractivity contribution in [3.05, 3.63) is 112 Å². The molecule has 4 atom stereocenters. The average molecular weight is 944 g/mol. The summed E-state index contributed by atoms with van der Waals surface area (Å²) in [4.78, 5) is 31.9. The van der Waals surface area contributed by atoms with E-state index in [9.17, 15) is 9.59 Å². The quantitative estimate of drug-likeness (QED) is 0.128. The van der Waals surface area contributed by atoms with Crippen LogP contribution >= 0.6 is 11.6 Å². The van der Waals surface area contributed by atoms with Gasteiger partial charge in [-0.15, -0.1) is 0 Å². The highest BCUT2D eigenvalue weighted by molar-refractivity contribution is 7.89. The van der Waals surface area contributed by atoms with Crippen molar-refractivity contribution in [1.29, 1.82) is 0 Å². The number of likely N-dealkylation sites (tertiary alicyclic amines) is 1. The van der Waals surface area contributed by atoms with Crippen molar-refractivity contribution < 1.29 is 41.7 Å². The van der Waals surface area contributed by atoms with Crippen molar-refractivity contribution >= 4 is 39.5 Å². The van der Waals surface area contributed by atoms with Crippen LogP contribution in [0.2, 0.25) is 5.02 Å². The summed E-state index contributed by atoms with van der Waals surface area (Å²) in [5.41, 5.74) is 3.82. The predicted octanol–water partition coefficient (Wildman–Crippen LogP) is 9.33. The summed E-state index contributed by atoms with van der Waals surface area (Å²) in [5, 5.41) is 0.704. The molecule has 354 valence electrons. The molecular weight excluding hydrogens is 880 g/mol. The summed E-state index contributed by atoms with van der Waals surface area (Å²) < 4.78 is 60.7. The lowest BCUT2D eigenvalue weighted by molar-refractivity contribution is 0.0263. The number of fused-ring (bicyclic) bond motifs is 3. The van der Waals surface area contributed by atoms with Crippen LogP contribution in [0.5, 0.6) is 17.2 Å². The monoisotopic (exact) mass is 942 g/mol. The molecule has 15 heteroatoms. The Labute approximate surface area is 394 Å². The first-order valence-electron chi connectivity index (χ1n) is 23.0. The van der Waals surface area contributed by atoms with Crippen LogP contribution < -0.4 is 19.1 Å². The van der Waals surface area contributed by atoms with Crippen LogP contribution in [0.15, 0.2) is 89.8 Å². The van der Waals surface area contributed by atoms with Gasteiger partial charge in [-0.25, -0.2) is 18.0 Å². The van der Waals surface area contributed by atoms with E-state index in [0.717, 1.165) is 48.9 Å². The molecule has 2 amide bonds. The molecule has 2 fully saturated rings. The van der Waals surface area contributed by atoms with Crippen LogP contribution in [0.4, 0.5) is 15.3 Å². The molecule has 4 aromatic carbocycles. The van der Waals surface area contributed by atoms with Gasteiger partial charge in [-0.05, 0) is 148 Å². The molecule has 0 radical (unpaired) electrons. The number of aryl methyl sites for hydroxylation is 1. The first-order chi connectivity index (χ1) is 31.5. The third-order valence-corrected chi connectivity index (χ3v) is 15.8. The van der Waals surface area contributed by atoms with E-state index in [-0.39, 0.29) is 54.0 Å². The molecule has 1 saturated carbocycles. The SMILES string of the molecule is COc1ccc(CN(Cc2ccc(OC)cc2)S(=O)(=O)c2ccc3c(c2)N(C[C@@H]2CC[C@H]2COC(=O)N(C)[C@@H]2CCN(C(=O)OC(C)(C)C)C2)C[C@@]2(CCCc4cc(Cl)ccc42)CO3)cc1. The Morgan fingerprint density at radius 1 is 0.879 bits per heavy atom. The van der Waals surface area contributed by atoms with Crippen molar-refractivity contribution in [3.63, 3.8) is 0 Å². The van der Waals surface area contributed by atoms with Gasteiger partial charge in [-0.1, -0.05) is 41.9 Å². The van der Waals surface area contributed by atoms with E-state index >= 15 is 8.42 Å². The number of halogens is 1. The van der Waals surface area contributed by atoms with Gasteiger partial charge in [-0.3, -0.25) is 0 Å². The number of hydrogen-bond donors (Lipinski definition) is 0. The van der Waals surface area contributed by atoms with E-state index < -0.39 is 21.7 Å². The number of nitrogens with zero attached hydrogens (tertiary/aromatic N) is 4. The maximum atomic E-state index is 15.0. The predicted molar refractivity (Wildman–Crippen MR) is 254 cm³/mol. The van der Waals surface area contributed by atoms with Crippen molar-refractivity contribution in [2.45, 2.75) is 94.3 Å². The van der Waals surface area contributed by atoms with Gasteiger partial charge in [0.25, 0.3) is 0 Å². The second-order valence-corrected chi connectivity index (χ2v) is 21.7. The largest absolute Gasteiger partial charge is 0.497 e. The molecule has 4 aliphatic rings. The number of carbonyl (C=O) groups is 2. The Balaban J connectivity index is 1.05. The lowest BCUT2D eigenvalue weighted by Gasteiger charge is -2.44. The first-order valence-corrected chi connectivity index (χ1v) is 24.8. The Kier molecular flexibility index (Phi) is 14.0. The molecule has 4 aromatic rings. The molecule has 2 aliphatic heterocycles. The number of hydrogen-bond acceptors (Lipinski definition) is 10. The molecule has 0 unspecified atom stereocenters. The topological polar surface area (TPSA) is 127 Å². The fraction of sp³-hybridized carbons (Fsp3) is 0.490. The lowest BCUT2D eigenvalue weighted by Crippen LogP contribution is -2.49. The third-order valence-electron chi connectivity index (χ3n) is 13.8. The van der Waals surface area contributed by atoms with Gasteiger partial charge in [0.1, 0.15) is 22.8 Å². The highest BCUT2D eigenvalue weighted by atomic mass is 35.5. The summed E-state index contributed by atoms with van der Waals surface area (Å²) in [6.45, 7) is 8.62. The number of rotatable bonds is 13. The highest BCUT2D eigenvalue weighted by Gasteiger charge is 2.44.